The molecule has 0 aromatic heterocycles. The van der Waals surface area contributed by atoms with Crippen molar-refractivity contribution in [3.8, 4) is 6.07 Å². The van der Waals surface area contributed by atoms with Crippen molar-refractivity contribution in [1.82, 2.24) is 0 Å². The van der Waals surface area contributed by atoms with Crippen LogP contribution in [0.2, 0.25) is 0 Å². The molecule has 0 aliphatic carbocycles. The van der Waals surface area contributed by atoms with Crippen molar-refractivity contribution in [2.75, 3.05) is 18.5 Å². The molecule has 3 nitrogen and oxygen atoms in total. The fraction of sp³-hybridized carbons (Fsp3) is 0.300. The fourth-order valence-corrected chi connectivity index (χ4v) is 1.12. The molecule has 0 unspecified atom stereocenters. The van der Waals surface area contributed by atoms with Gasteiger partial charge in [-0.15, -0.1) is 0 Å². The minimum absolute atomic E-state index is 0.111. The first-order valence-electron chi connectivity index (χ1n) is 4.13. The van der Waals surface area contributed by atoms with Gasteiger partial charge in [0, 0.05) is 12.2 Å². The average Bonchev–Trinajstić information content (AvgIpc) is 2.16. The van der Waals surface area contributed by atoms with E-state index in [4.69, 9.17) is 10.4 Å². The molecule has 3 heteroatoms. The number of rotatable bonds is 3. The van der Waals surface area contributed by atoms with Crippen molar-refractivity contribution in [1.29, 1.82) is 5.26 Å². The van der Waals surface area contributed by atoms with Gasteiger partial charge in [-0.25, -0.2) is 0 Å². The Balaban J connectivity index is 2.81. The molecule has 1 aromatic carbocycles. The maximum absolute atomic E-state index is 8.62. The van der Waals surface area contributed by atoms with E-state index >= 15 is 0 Å². The Kier molecular flexibility index (Phi) is 3.30. The third-order valence-electron chi connectivity index (χ3n) is 1.78. The van der Waals surface area contributed by atoms with Crippen molar-refractivity contribution >= 4 is 5.69 Å². The summed E-state index contributed by atoms with van der Waals surface area (Å²) in [6.45, 7) is 2.58. The van der Waals surface area contributed by atoms with Crippen LogP contribution >= 0.6 is 0 Å². The maximum atomic E-state index is 8.62. The minimum atomic E-state index is 0.111. The molecule has 1 aromatic rings. The summed E-state index contributed by atoms with van der Waals surface area (Å²) in [6, 6.07) is 7.50. The second-order valence-electron chi connectivity index (χ2n) is 2.79. The molecule has 0 saturated heterocycles. The first-order valence-corrected chi connectivity index (χ1v) is 4.13. The van der Waals surface area contributed by atoms with Gasteiger partial charge in [0.1, 0.15) is 0 Å². The van der Waals surface area contributed by atoms with Crippen LogP contribution in [0.15, 0.2) is 18.2 Å². The van der Waals surface area contributed by atoms with Crippen LogP contribution in [0.3, 0.4) is 0 Å². The highest BCUT2D eigenvalue weighted by atomic mass is 16.3. The topological polar surface area (TPSA) is 56.0 Å². The lowest BCUT2D eigenvalue weighted by atomic mass is 10.1. The molecule has 0 radical (unpaired) electrons. The normalized spacial score (nSPS) is 9.31. The molecule has 0 aliphatic rings. The summed E-state index contributed by atoms with van der Waals surface area (Å²) in [7, 11) is 0. The number of nitrogens with one attached hydrogen (secondary N) is 1. The molecule has 0 heterocycles. The van der Waals surface area contributed by atoms with Crippen molar-refractivity contribution in [2.24, 2.45) is 0 Å². The van der Waals surface area contributed by atoms with Gasteiger partial charge in [-0.05, 0) is 30.7 Å². The molecule has 0 saturated carbocycles. The Bertz CT molecular complexity index is 328. The number of aliphatic hydroxyl groups is 1. The monoisotopic (exact) mass is 176 g/mol. The molecular weight excluding hydrogens is 164 g/mol. The summed E-state index contributed by atoms with van der Waals surface area (Å²) in [5.41, 5.74) is 2.65. The molecular formula is C10H12N2O. The Labute approximate surface area is 77.6 Å². The van der Waals surface area contributed by atoms with Crippen LogP contribution in [0, 0.1) is 18.3 Å². The van der Waals surface area contributed by atoms with E-state index in [0.29, 0.717) is 12.1 Å². The van der Waals surface area contributed by atoms with E-state index in [1.165, 1.54) is 0 Å². The number of nitrogens with zero attached hydrogens (tertiary/aromatic N) is 1. The van der Waals surface area contributed by atoms with Gasteiger partial charge in [0.15, 0.2) is 0 Å². The quantitative estimate of drug-likeness (QED) is 0.729. The summed E-state index contributed by atoms with van der Waals surface area (Å²) in [5, 5.41) is 20.3. The largest absolute Gasteiger partial charge is 0.395 e. The van der Waals surface area contributed by atoms with E-state index in [-0.39, 0.29) is 6.61 Å². The summed E-state index contributed by atoms with van der Waals surface area (Å²) < 4.78 is 0. The number of hydrogen-bond acceptors (Lipinski definition) is 3. The summed E-state index contributed by atoms with van der Waals surface area (Å²) in [6.07, 6.45) is 0. The van der Waals surface area contributed by atoms with E-state index in [2.05, 4.69) is 11.4 Å². The predicted molar refractivity (Wildman–Crippen MR) is 51.5 cm³/mol. The SMILES string of the molecule is Cc1cc(C#N)ccc1NCCO. The van der Waals surface area contributed by atoms with Crippen LogP contribution in [0.4, 0.5) is 5.69 Å². The fourth-order valence-electron chi connectivity index (χ4n) is 1.12. The second-order valence-corrected chi connectivity index (χ2v) is 2.79. The smallest absolute Gasteiger partial charge is 0.0991 e. The highest BCUT2D eigenvalue weighted by Gasteiger charge is 1.97. The van der Waals surface area contributed by atoms with E-state index in [1.807, 2.05) is 19.1 Å². The van der Waals surface area contributed by atoms with Gasteiger partial charge < -0.3 is 10.4 Å². The number of anilines is 1. The number of hydrogen-bond donors (Lipinski definition) is 2. The van der Waals surface area contributed by atoms with Crippen LogP contribution < -0.4 is 5.32 Å². The lowest BCUT2D eigenvalue weighted by molar-refractivity contribution is 0.311. The number of aliphatic hydroxyl groups excluding tert-OH is 1. The summed E-state index contributed by atoms with van der Waals surface area (Å²) in [4.78, 5) is 0. The van der Waals surface area contributed by atoms with Gasteiger partial charge in [-0.1, -0.05) is 0 Å². The van der Waals surface area contributed by atoms with Crippen LogP contribution in [0.25, 0.3) is 0 Å². The highest BCUT2D eigenvalue weighted by Crippen LogP contribution is 2.15. The molecule has 68 valence electrons. The lowest BCUT2D eigenvalue weighted by Crippen LogP contribution is -2.06. The van der Waals surface area contributed by atoms with Gasteiger partial charge in [0.05, 0.1) is 18.2 Å². The van der Waals surface area contributed by atoms with Crippen molar-refractivity contribution in [3.63, 3.8) is 0 Å². The number of aryl methyl sites for hydroxylation is 1. The number of nitriles is 1. The molecule has 13 heavy (non-hydrogen) atoms. The first-order chi connectivity index (χ1) is 6.27. The highest BCUT2D eigenvalue weighted by molar-refractivity contribution is 5.53. The molecule has 2 N–H and O–H groups in total. The summed E-state index contributed by atoms with van der Waals surface area (Å²) in [5.74, 6) is 0. The second kappa shape index (κ2) is 4.48. The average molecular weight is 176 g/mol. The number of benzene rings is 1. The lowest BCUT2D eigenvalue weighted by Gasteiger charge is -2.07. The Morgan fingerprint density at radius 2 is 2.31 bits per heavy atom. The molecule has 0 spiro atoms. The zero-order valence-electron chi connectivity index (χ0n) is 7.54. The molecule has 0 amide bonds. The molecule has 0 bridgehead atoms. The first kappa shape index (κ1) is 9.56. The van der Waals surface area contributed by atoms with Gasteiger partial charge in [0.25, 0.3) is 0 Å². The van der Waals surface area contributed by atoms with Gasteiger partial charge in [-0.2, -0.15) is 5.26 Å². The molecule has 0 aliphatic heterocycles. The molecule has 1 rings (SSSR count). The molecule has 0 atom stereocenters. The Hall–Kier alpha value is -1.53. The van der Waals surface area contributed by atoms with Gasteiger partial charge in [0.2, 0.25) is 0 Å². The van der Waals surface area contributed by atoms with Crippen molar-refractivity contribution < 1.29 is 5.11 Å². The van der Waals surface area contributed by atoms with Crippen LogP contribution in [-0.4, -0.2) is 18.3 Å². The van der Waals surface area contributed by atoms with Gasteiger partial charge >= 0.3 is 0 Å². The van der Waals surface area contributed by atoms with E-state index < -0.39 is 0 Å². The zero-order chi connectivity index (χ0) is 9.68. The van der Waals surface area contributed by atoms with Crippen LogP contribution in [0.5, 0.6) is 0 Å². The van der Waals surface area contributed by atoms with E-state index in [9.17, 15) is 0 Å². The minimum Gasteiger partial charge on any atom is -0.395 e. The Morgan fingerprint density at radius 3 is 2.85 bits per heavy atom. The summed E-state index contributed by atoms with van der Waals surface area (Å²) >= 11 is 0. The third-order valence-corrected chi connectivity index (χ3v) is 1.78. The van der Waals surface area contributed by atoms with Gasteiger partial charge in [-0.3, -0.25) is 0 Å². The van der Waals surface area contributed by atoms with Crippen molar-refractivity contribution in [3.05, 3.63) is 29.3 Å². The van der Waals surface area contributed by atoms with E-state index in [0.717, 1.165) is 11.3 Å². The Morgan fingerprint density at radius 1 is 1.54 bits per heavy atom. The third kappa shape index (κ3) is 2.46. The van der Waals surface area contributed by atoms with Crippen LogP contribution in [-0.2, 0) is 0 Å². The molecule has 0 fully saturated rings. The standard InChI is InChI=1S/C10H12N2O/c1-8-6-9(7-11)2-3-10(8)12-4-5-13/h2-3,6,12-13H,4-5H2,1H3. The maximum Gasteiger partial charge on any atom is 0.0991 e. The predicted octanol–water partition coefficient (Wildman–Crippen LogP) is 1.27. The van der Waals surface area contributed by atoms with Crippen LogP contribution in [0.1, 0.15) is 11.1 Å². The zero-order valence-corrected chi connectivity index (χ0v) is 7.54. The van der Waals surface area contributed by atoms with Crippen molar-refractivity contribution in [2.45, 2.75) is 6.92 Å². The van der Waals surface area contributed by atoms with E-state index in [1.54, 1.807) is 6.07 Å².